The van der Waals surface area contributed by atoms with Gasteiger partial charge in [0.1, 0.15) is 0 Å². The maximum atomic E-state index is 6.33. The number of hydrogen-bond donors (Lipinski definition) is 2. The summed E-state index contributed by atoms with van der Waals surface area (Å²) in [5.41, 5.74) is 12.7. The average Bonchev–Trinajstić information content (AvgIpc) is 2.85. The van der Waals surface area contributed by atoms with Crippen molar-refractivity contribution < 1.29 is 4.74 Å². The van der Waals surface area contributed by atoms with E-state index in [1.54, 1.807) is 0 Å². The maximum absolute atomic E-state index is 6.33. The lowest BCUT2D eigenvalue weighted by molar-refractivity contribution is 0.124. The van der Waals surface area contributed by atoms with E-state index in [2.05, 4.69) is 13.8 Å². The zero-order chi connectivity index (χ0) is 25.7. The molecule has 0 aliphatic heterocycles. The van der Waals surface area contributed by atoms with Gasteiger partial charge in [0.2, 0.25) is 0 Å². The van der Waals surface area contributed by atoms with Gasteiger partial charge in [-0.15, -0.1) is 0 Å². The Morgan fingerprint density at radius 2 is 0.714 bits per heavy atom. The molecule has 3 nitrogen and oxygen atoms in total. The molecule has 0 radical (unpaired) electrons. The zero-order valence-corrected chi connectivity index (χ0v) is 24.5. The van der Waals surface area contributed by atoms with Crippen molar-refractivity contribution in [3.05, 3.63) is 0 Å². The maximum Gasteiger partial charge on any atom is 0.0466 e. The number of rotatable bonds is 30. The van der Waals surface area contributed by atoms with Crippen molar-refractivity contribution in [3.8, 4) is 0 Å². The number of ether oxygens (including phenoxy) is 1. The summed E-state index contributed by atoms with van der Waals surface area (Å²) in [5.74, 6) is 0. The zero-order valence-electron chi connectivity index (χ0n) is 24.5. The Kier molecular flexibility index (Phi) is 30.0. The Hall–Kier alpha value is -0.120. The highest BCUT2D eigenvalue weighted by Crippen LogP contribution is 2.14. The fourth-order valence-corrected chi connectivity index (χ4v) is 5.11. The van der Waals surface area contributed by atoms with Gasteiger partial charge in [-0.2, -0.15) is 0 Å². The summed E-state index contributed by atoms with van der Waals surface area (Å²) in [6.07, 6.45) is 34.8. The summed E-state index contributed by atoms with van der Waals surface area (Å²) in [4.78, 5) is 0. The molecule has 212 valence electrons. The van der Waals surface area contributed by atoms with E-state index in [-0.39, 0.29) is 12.1 Å². The van der Waals surface area contributed by atoms with Gasteiger partial charge in [-0.25, -0.2) is 0 Å². The van der Waals surface area contributed by atoms with Crippen LogP contribution in [-0.2, 0) is 4.74 Å². The molecule has 0 spiro atoms. The molecular formula is C32H68N2O. The first-order valence-corrected chi connectivity index (χ1v) is 16.3. The normalized spacial score (nSPS) is 13.4. The lowest BCUT2D eigenvalue weighted by atomic mass is 9.98. The molecule has 0 saturated carbocycles. The minimum absolute atomic E-state index is 0.239. The lowest BCUT2D eigenvalue weighted by Crippen LogP contribution is -2.31. The summed E-state index contributed by atoms with van der Waals surface area (Å²) >= 11 is 0. The molecule has 0 bridgehead atoms. The molecule has 2 unspecified atom stereocenters. The standard InChI is InChI=1S/C32H68N2O/c1-3-5-7-9-11-13-15-16-18-20-22-24-28-35-29-25-27-32(34)30-31(33)26-23-21-19-17-14-12-10-8-6-4-2/h31-32H,3-30,33-34H2,1-2H3. The van der Waals surface area contributed by atoms with Crippen molar-refractivity contribution in [1.82, 2.24) is 0 Å². The van der Waals surface area contributed by atoms with Crippen molar-refractivity contribution in [1.29, 1.82) is 0 Å². The van der Waals surface area contributed by atoms with Crippen LogP contribution in [0.3, 0.4) is 0 Å². The van der Waals surface area contributed by atoms with Crippen LogP contribution in [0.1, 0.15) is 181 Å². The molecule has 0 fully saturated rings. The second-order valence-corrected chi connectivity index (χ2v) is 11.4. The van der Waals surface area contributed by atoms with Crippen molar-refractivity contribution >= 4 is 0 Å². The van der Waals surface area contributed by atoms with Crippen LogP contribution in [0.2, 0.25) is 0 Å². The number of unbranched alkanes of at least 4 members (excludes halogenated alkanes) is 20. The van der Waals surface area contributed by atoms with Gasteiger partial charge in [-0.05, 0) is 32.1 Å². The molecule has 0 aliphatic carbocycles. The summed E-state index contributed by atoms with van der Waals surface area (Å²) < 4.78 is 5.83. The van der Waals surface area contributed by atoms with Crippen LogP contribution in [0.4, 0.5) is 0 Å². The minimum atomic E-state index is 0.239. The molecular weight excluding hydrogens is 428 g/mol. The van der Waals surface area contributed by atoms with Crippen LogP contribution in [0.15, 0.2) is 0 Å². The molecule has 0 aromatic rings. The topological polar surface area (TPSA) is 61.3 Å². The van der Waals surface area contributed by atoms with E-state index in [4.69, 9.17) is 16.2 Å². The highest BCUT2D eigenvalue weighted by molar-refractivity contribution is 4.71. The van der Waals surface area contributed by atoms with Gasteiger partial charge in [0.05, 0.1) is 0 Å². The molecule has 4 N–H and O–H groups in total. The van der Waals surface area contributed by atoms with Crippen LogP contribution < -0.4 is 11.5 Å². The molecule has 0 aromatic heterocycles. The monoisotopic (exact) mass is 497 g/mol. The fraction of sp³-hybridized carbons (Fsp3) is 1.00. The van der Waals surface area contributed by atoms with Crippen molar-refractivity contribution in [2.75, 3.05) is 13.2 Å². The van der Waals surface area contributed by atoms with E-state index in [1.807, 2.05) is 0 Å². The first-order chi connectivity index (χ1) is 17.2. The van der Waals surface area contributed by atoms with E-state index in [0.717, 1.165) is 38.9 Å². The smallest absolute Gasteiger partial charge is 0.0466 e. The molecule has 35 heavy (non-hydrogen) atoms. The van der Waals surface area contributed by atoms with Gasteiger partial charge in [0.25, 0.3) is 0 Å². The summed E-state index contributed by atoms with van der Waals surface area (Å²) in [7, 11) is 0. The van der Waals surface area contributed by atoms with Gasteiger partial charge >= 0.3 is 0 Å². The molecule has 0 saturated heterocycles. The van der Waals surface area contributed by atoms with Crippen LogP contribution in [0.5, 0.6) is 0 Å². The van der Waals surface area contributed by atoms with Crippen LogP contribution in [0.25, 0.3) is 0 Å². The fourth-order valence-electron chi connectivity index (χ4n) is 5.11. The Labute approximate surface area is 222 Å². The predicted molar refractivity (Wildman–Crippen MR) is 158 cm³/mol. The SMILES string of the molecule is CCCCCCCCCCCCCCOCCCC(N)CC(N)CCCCCCCCCCCC. The van der Waals surface area contributed by atoms with E-state index >= 15 is 0 Å². The van der Waals surface area contributed by atoms with E-state index in [1.165, 1.54) is 141 Å². The summed E-state index contributed by atoms with van der Waals surface area (Å²) in [6, 6.07) is 0.518. The van der Waals surface area contributed by atoms with Crippen molar-refractivity contribution in [2.45, 2.75) is 193 Å². The van der Waals surface area contributed by atoms with Crippen molar-refractivity contribution in [2.24, 2.45) is 11.5 Å². The Morgan fingerprint density at radius 1 is 0.400 bits per heavy atom. The quantitative estimate of drug-likeness (QED) is 0.0972. The Bertz CT molecular complexity index is 377. The molecule has 0 aliphatic rings. The van der Waals surface area contributed by atoms with Gasteiger partial charge in [-0.1, -0.05) is 149 Å². The molecule has 0 amide bonds. The van der Waals surface area contributed by atoms with Gasteiger partial charge in [-0.3, -0.25) is 0 Å². The highest BCUT2D eigenvalue weighted by atomic mass is 16.5. The van der Waals surface area contributed by atoms with E-state index in [0.29, 0.717) is 0 Å². The summed E-state index contributed by atoms with van der Waals surface area (Å²) in [6.45, 7) is 6.36. The molecule has 3 heteroatoms. The molecule has 0 aromatic carbocycles. The minimum Gasteiger partial charge on any atom is -0.381 e. The second-order valence-electron chi connectivity index (χ2n) is 11.4. The summed E-state index contributed by atoms with van der Waals surface area (Å²) in [5, 5.41) is 0. The molecule has 0 heterocycles. The highest BCUT2D eigenvalue weighted by Gasteiger charge is 2.09. The van der Waals surface area contributed by atoms with Crippen LogP contribution in [-0.4, -0.2) is 25.3 Å². The third-order valence-corrected chi connectivity index (χ3v) is 7.54. The second kappa shape index (κ2) is 30.1. The first-order valence-electron chi connectivity index (χ1n) is 16.3. The average molecular weight is 497 g/mol. The number of nitrogens with two attached hydrogens (primary N) is 2. The van der Waals surface area contributed by atoms with E-state index in [9.17, 15) is 0 Å². The third-order valence-electron chi connectivity index (χ3n) is 7.54. The van der Waals surface area contributed by atoms with Gasteiger partial charge in [0.15, 0.2) is 0 Å². The van der Waals surface area contributed by atoms with E-state index < -0.39 is 0 Å². The molecule has 2 atom stereocenters. The lowest BCUT2D eigenvalue weighted by Gasteiger charge is -2.17. The van der Waals surface area contributed by atoms with Crippen LogP contribution >= 0.6 is 0 Å². The Morgan fingerprint density at radius 3 is 1.14 bits per heavy atom. The Balaban J connectivity index is 3.26. The first kappa shape index (κ1) is 34.9. The number of hydrogen-bond acceptors (Lipinski definition) is 3. The largest absolute Gasteiger partial charge is 0.381 e. The van der Waals surface area contributed by atoms with Crippen molar-refractivity contribution in [3.63, 3.8) is 0 Å². The molecule has 0 rings (SSSR count). The predicted octanol–water partition coefficient (Wildman–Crippen LogP) is 9.84. The third kappa shape index (κ3) is 30.0. The van der Waals surface area contributed by atoms with Gasteiger partial charge in [0, 0.05) is 25.3 Å². The van der Waals surface area contributed by atoms with Crippen LogP contribution in [0, 0.1) is 0 Å². The van der Waals surface area contributed by atoms with Gasteiger partial charge < -0.3 is 16.2 Å².